The van der Waals surface area contributed by atoms with Gasteiger partial charge < -0.3 is 10.6 Å². The minimum Gasteiger partial charge on any atom is -0.324 e. The molecule has 1 aromatic heterocycles. The Labute approximate surface area is 174 Å². The highest BCUT2D eigenvalue weighted by Gasteiger charge is 2.45. The van der Waals surface area contributed by atoms with E-state index in [1.165, 1.54) is 12.1 Å². The molecule has 0 saturated carbocycles. The van der Waals surface area contributed by atoms with Gasteiger partial charge in [-0.15, -0.1) is 0 Å². The van der Waals surface area contributed by atoms with E-state index in [0.717, 1.165) is 18.2 Å². The maximum atomic E-state index is 13.3. The maximum Gasteiger partial charge on any atom is 0.472 e. The normalized spacial score (nSPS) is 15.0. The fraction of sp³-hybridized carbons (Fsp3) is 0.316. The number of alkyl halides is 3. The average Bonchev–Trinajstić information content (AvgIpc) is 2.71. The topological polar surface area (TPSA) is 74.3 Å². The van der Waals surface area contributed by atoms with E-state index in [4.69, 9.17) is 11.6 Å². The molecule has 0 radical (unpaired) electrons. The van der Waals surface area contributed by atoms with Gasteiger partial charge in [-0.1, -0.05) is 11.6 Å². The number of hydrogen-bond acceptors (Lipinski definition) is 4. The van der Waals surface area contributed by atoms with E-state index in [9.17, 15) is 27.2 Å². The lowest BCUT2D eigenvalue weighted by atomic mass is 9.97. The van der Waals surface area contributed by atoms with Gasteiger partial charge in [0, 0.05) is 10.9 Å². The fourth-order valence-electron chi connectivity index (χ4n) is 3.08. The lowest BCUT2D eigenvalue weighted by Crippen LogP contribution is -2.39. The van der Waals surface area contributed by atoms with Crippen LogP contribution in [0.3, 0.4) is 0 Å². The number of pyridine rings is 1. The number of hydrogen-bond donors (Lipinski definition) is 2. The first-order chi connectivity index (χ1) is 14.2. The fourth-order valence-corrected chi connectivity index (χ4v) is 3.24. The molecule has 1 aliphatic rings. The summed E-state index contributed by atoms with van der Waals surface area (Å²) in [6.07, 6.45) is -3.43. The third-order valence-electron chi connectivity index (χ3n) is 4.55. The summed E-state index contributed by atoms with van der Waals surface area (Å²) in [5.41, 5.74) is -0.377. The Morgan fingerprint density at radius 3 is 2.47 bits per heavy atom. The molecule has 2 amide bonds. The molecule has 6 nitrogen and oxygen atoms in total. The van der Waals surface area contributed by atoms with Crippen LogP contribution in [0.5, 0.6) is 0 Å². The number of nitrogens with one attached hydrogen (secondary N) is 2. The Morgan fingerprint density at radius 1 is 1.17 bits per heavy atom. The number of anilines is 3. The zero-order valence-electron chi connectivity index (χ0n) is 15.5. The summed E-state index contributed by atoms with van der Waals surface area (Å²) in [5, 5.41) is 5.74. The van der Waals surface area contributed by atoms with E-state index < -0.39 is 23.7 Å². The molecule has 30 heavy (non-hydrogen) atoms. The molecule has 1 saturated heterocycles. The van der Waals surface area contributed by atoms with Crippen molar-refractivity contribution >= 4 is 40.6 Å². The third-order valence-corrected chi connectivity index (χ3v) is 4.79. The van der Waals surface area contributed by atoms with Gasteiger partial charge in [-0.05, 0) is 56.3 Å². The number of piperidine rings is 1. The summed E-state index contributed by atoms with van der Waals surface area (Å²) in [7, 11) is 0. The maximum absolute atomic E-state index is 13.3. The van der Waals surface area contributed by atoms with Crippen LogP contribution in [0.25, 0.3) is 0 Å². The first kappa shape index (κ1) is 22.0. The average molecular weight is 445 g/mol. The highest BCUT2D eigenvalue weighted by molar-refractivity contribution is 6.31. The monoisotopic (exact) mass is 444 g/mol. The minimum atomic E-state index is -5.26. The van der Waals surface area contributed by atoms with Crippen molar-refractivity contribution < 1.29 is 27.2 Å². The molecule has 0 spiro atoms. The van der Waals surface area contributed by atoms with E-state index in [2.05, 4.69) is 15.6 Å². The van der Waals surface area contributed by atoms with Crippen LogP contribution in [-0.2, 0) is 9.59 Å². The van der Waals surface area contributed by atoms with Crippen molar-refractivity contribution in [2.75, 3.05) is 23.3 Å². The van der Waals surface area contributed by atoms with Crippen LogP contribution in [0, 0.1) is 11.7 Å². The highest BCUT2D eigenvalue weighted by Crippen LogP contribution is 2.37. The van der Waals surface area contributed by atoms with Gasteiger partial charge >= 0.3 is 12.1 Å². The first-order valence-corrected chi connectivity index (χ1v) is 9.38. The molecule has 1 aliphatic heterocycles. The molecule has 2 heterocycles. The Kier molecular flexibility index (Phi) is 6.57. The Hall–Kier alpha value is -2.72. The van der Waals surface area contributed by atoms with Gasteiger partial charge in [-0.25, -0.2) is 9.37 Å². The second kappa shape index (κ2) is 8.97. The summed E-state index contributed by atoms with van der Waals surface area (Å²) in [4.78, 5) is 28.7. The van der Waals surface area contributed by atoms with E-state index in [0.29, 0.717) is 32.1 Å². The van der Waals surface area contributed by atoms with Crippen LogP contribution in [-0.4, -0.2) is 36.1 Å². The van der Waals surface area contributed by atoms with Crippen LogP contribution >= 0.6 is 11.6 Å². The second-order valence-electron chi connectivity index (χ2n) is 6.65. The summed E-state index contributed by atoms with van der Waals surface area (Å²) >= 11 is 5.96. The van der Waals surface area contributed by atoms with Gasteiger partial charge in [-0.2, -0.15) is 13.2 Å². The van der Waals surface area contributed by atoms with Crippen LogP contribution in [0.1, 0.15) is 12.8 Å². The summed E-state index contributed by atoms with van der Waals surface area (Å²) in [5.74, 6) is -4.24. The van der Waals surface area contributed by atoms with Crippen molar-refractivity contribution in [1.82, 2.24) is 10.3 Å². The molecule has 0 aliphatic carbocycles. The molecule has 0 bridgehead atoms. The molecule has 1 aromatic carbocycles. The van der Waals surface area contributed by atoms with Crippen molar-refractivity contribution in [3.63, 3.8) is 0 Å². The zero-order valence-corrected chi connectivity index (χ0v) is 16.2. The first-order valence-electron chi connectivity index (χ1n) is 9.01. The van der Waals surface area contributed by atoms with Crippen LogP contribution < -0.4 is 15.5 Å². The number of carbonyl (C=O) groups excluding carboxylic acids is 2. The lowest BCUT2D eigenvalue weighted by molar-refractivity contribution is -0.169. The Balaban J connectivity index is 2.04. The van der Waals surface area contributed by atoms with Crippen LogP contribution in [0.4, 0.5) is 34.8 Å². The van der Waals surface area contributed by atoms with E-state index >= 15 is 0 Å². The lowest BCUT2D eigenvalue weighted by Gasteiger charge is -2.27. The van der Waals surface area contributed by atoms with E-state index in [1.54, 1.807) is 0 Å². The van der Waals surface area contributed by atoms with Crippen molar-refractivity contribution in [1.29, 1.82) is 0 Å². The number of aromatic nitrogens is 1. The van der Waals surface area contributed by atoms with E-state index in [-0.39, 0.29) is 33.1 Å². The Bertz CT molecular complexity index is 931. The molecule has 160 valence electrons. The van der Waals surface area contributed by atoms with Gasteiger partial charge in [0.05, 0.1) is 17.6 Å². The van der Waals surface area contributed by atoms with Gasteiger partial charge in [-0.3, -0.25) is 14.5 Å². The number of amides is 2. The van der Waals surface area contributed by atoms with E-state index in [1.807, 2.05) is 0 Å². The number of carbonyl (C=O) groups is 2. The third kappa shape index (κ3) is 5.06. The summed E-state index contributed by atoms with van der Waals surface area (Å²) in [6, 6.07) is 5.58. The van der Waals surface area contributed by atoms with Crippen LogP contribution in [0.15, 0.2) is 36.5 Å². The molecule has 2 aromatic rings. The molecule has 0 unspecified atom stereocenters. The number of nitrogens with zero attached hydrogens (tertiary/aromatic N) is 2. The molecule has 0 atom stereocenters. The largest absolute Gasteiger partial charge is 0.472 e. The summed E-state index contributed by atoms with van der Waals surface area (Å²) < 4.78 is 53.2. The Morgan fingerprint density at radius 2 is 1.87 bits per heavy atom. The van der Waals surface area contributed by atoms with Crippen molar-refractivity contribution in [3.05, 3.63) is 47.4 Å². The smallest absolute Gasteiger partial charge is 0.324 e. The molecule has 11 heteroatoms. The predicted molar refractivity (Wildman–Crippen MR) is 103 cm³/mol. The zero-order chi connectivity index (χ0) is 21.9. The van der Waals surface area contributed by atoms with Gasteiger partial charge in [0.2, 0.25) is 5.91 Å². The number of rotatable bonds is 4. The van der Waals surface area contributed by atoms with Crippen molar-refractivity contribution in [3.8, 4) is 0 Å². The number of halogens is 5. The van der Waals surface area contributed by atoms with Gasteiger partial charge in [0.1, 0.15) is 11.6 Å². The van der Waals surface area contributed by atoms with Crippen LogP contribution in [0.2, 0.25) is 5.02 Å². The van der Waals surface area contributed by atoms with Gasteiger partial charge in [0.15, 0.2) is 0 Å². The standard InChI is InChI=1S/C19H17ClF4N4O2/c20-12-1-3-14(27-17(29)11-5-7-25-8-6-11)15(9-12)28(18(30)19(22,23)24)16-4-2-13(21)10-26-16/h1-4,9-11,25H,5-8H2,(H,27,29). The minimum absolute atomic E-state index is 0.0342. The SMILES string of the molecule is O=C(Nc1ccc(Cl)cc1N(C(=O)C(F)(F)F)c1ccc(F)cn1)C1CCNCC1. The number of benzene rings is 1. The molecule has 2 N–H and O–H groups in total. The molecule has 3 rings (SSSR count). The molecule has 1 fully saturated rings. The summed E-state index contributed by atoms with van der Waals surface area (Å²) in [6.45, 7) is 1.29. The quantitative estimate of drug-likeness (QED) is 0.698. The predicted octanol–water partition coefficient (Wildman–Crippen LogP) is 4.04. The van der Waals surface area contributed by atoms with Gasteiger partial charge in [0.25, 0.3) is 0 Å². The molecular formula is C19H17ClF4N4O2. The molecular weight excluding hydrogens is 428 g/mol. The van der Waals surface area contributed by atoms with Crippen molar-refractivity contribution in [2.24, 2.45) is 5.92 Å². The van der Waals surface area contributed by atoms with Crippen molar-refractivity contribution in [2.45, 2.75) is 19.0 Å². The highest BCUT2D eigenvalue weighted by atomic mass is 35.5. The second-order valence-corrected chi connectivity index (χ2v) is 7.08.